The lowest BCUT2D eigenvalue weighted by Crippen LogP contribution is -1.99. The monoisotopic (exact) mass is 197 g/mol. The van der Waals surface area contributed by atoms with Crippen LogP contribution in [-0.4, -0.2) is 42.2 Å². The molecule has 1 aromatic rings. The summed E-state index contributed by atoms with van der Waals surface area (Å²) < 4.78 is 0. The Hall–Kier alpha value is -1.55. The Morgan fingerprint density at radius 3 is 1.93 bits per heavy atom. The molecule has 0 aliphatic heterocycles. The van der Waals surface area contributed by atoms with Crippen molar-refractivity contribution in [3.63, 3.8) is 0 Å². The van der Waals surface area contributed by atoms with Crippen LogP contribution in [0.5, 0.6) is 5.75 Å². The van der Waals surface area contributed by atoms with Crippen LogP contribution in [0.15, 0.2) is 24.3 Å². The highest BCUT2D eigenvalue weighted by atomic mass is 16.4. The molecule has 4 heteroatoms. The Morgan fingerprint density at radius 1 is 1.21 bits per heavy atom. The number of aromatic carboxylic acids is 1. The Labute approximate surface area is 83.4 Å². The molecule has 0 unspecified atom stereocenters. The number of benzene rings is 1. The van der Waals surface area contributed by atoms with Crippen LogP contribution in [0.3, 0.4) is 0 Å². The second-order valence-electron chi connectivity index (χ2n) is 3.16. The first-order chi connectivity index (χ1) is 6.45. The number of hydrogen-bond acceptors (Lipinski definition) is 3. The lowest BCUT2D eigenvalue weighted by molar-refractivity contribution is 0.0694. The van der Waals surface area contributed by atoms with E-state index in [0.29, 0.717) is 0 Å². The Morgan fingerprint density at radius 2 is 1.64 bits per heavy atom. The van der Waals surface area contributed by atoms with Gasteiger partial charge < -0.3 is 15.1 Å². The molecule has 0 heterocycles. The third-order valence-corrected chi connectivity index (χ3v) is 1.13. The van der Waals surface area contributed by atoms with Gasteiger partial charge in [0.25, 0.3) is 0 Å². The van der Waals surface area contributed by atoms with Crippen molar-refractivity contribution in [2.45, 2.75) is 0 Å². The summed E-state index contributed by atoms with van der Waals surface area (Å²) in [5.41, 5.74) is -0.0671. The second kappa shape index (κ2) is 5.99. The molecule has 0 fully saturated rings. The highest BCUT2D eigenvalue weighted by Crippen LogP contribution is 2.14. The summed E-state index contributed by atoms with van der Waals surface area (Å²) in [5, 5.41) is 17.3. The van der Waals surface area contributed by atoms with Crippen molar-refractivity contribution >= 4 is 5.97 Å². The number of hydrogen-bond donors (Lipinski definition) is 2. The molecular formula is C10H15NO3. The number of carboxylic acid groups (broad SMARTS) is 1. The van der Waals surface area contributed by atoms with Gasteiger partial charge in [0.2, 0.25) is 0 Å². The minimum atomic E-state index is -1.11. The van der Waals surface area contributed by atoms with Crippen LogP contribution in [-0.2, 0) is 0 Å². The van der Waals surface area contributed by atoms with Gasteiger partial charge in [-0.3, -0.25) is 0 Å². The Bertz CT molecular complexity index is 294. The van der Waals surface area contributed by atoms with Crippen LogP contribution in [0.1, 0.15) is 10.4 Å². The number of aromatic hydroxyl groups is 1. The van der Waals surface area contributed by atoms with Crippen molar-refractivity contribution in [2.75, 3.05) is 21.1 Å². The molecular weight excluding hydrogens is 182 g/mol. The first-order valence-electron chi connectivity index (χ1n) is 4.07. The zero-order chi connectivity index (χ0) is 11.1. The number of para-hydroxylation sites is 1. The zero-order valence-corrected chi connectivity index (χ0v) is 8.56. The lowest BCUT2D eigenvalue weighted by Gasteiger charge is -1.95. The highest BCUT2D eigenvalue weighted by molar-refractivity contribution is 5.90. The first-order valence-corrected chi connectivity index (χ1v) is 4.07. The molecule has 0 aliphatic carbocycles. The molecule has 1 aromatic carbocycles. The number of rotatable bonds is 1. The van der Waals surface area contributed by atoms with Gasteiger partial charge in [-0.05, 0) is 33.3 Å². The van der Waals surface area contributed by atoms with E-state index in [1.165, 1.54) is 12.1 Å². The fraction of sp³-hybridized carbons (Fsp3) is 0.300. The number of nitrogens with zero attached hydrogens (tertiary/aromatic N) is 1. The van der Waals surface area contributed by atoms with Gasteiger partial charge in [0.1, 0.15) is 11.3 Å². The van der Waals surface area contributed by atoms with E-state index in [2.05, 4.69) is 0 Å². The predicted octanol–water partition coefficient (Wildman–Crippen LogP) is 1.27. The molecule has 0 aliphatic rings. The van der Waals surface area contributed by atoms with Crippen molar-refractivity contribution in [2.24, 2.45) is 0 Å². The third-order valence-electron chi connectivity index (χ3n) is 1.13. The quantitative estimate of drug-likeness (QED) is 0.711. The van der Waals surface area contributed by atoms with Gasteiger partial charge in [-0.1, -0.05) is 12.1 Å². The first kappa shape index (κ1) is 12.4. The van der Waals surface area contributed by atoms with Crippen molar-refractivity contribution in [3.05, 3.63) is 29.8 Å². The second-order valence-corrected chi connectivity index (χ2v) is 3.16. The van der Waals surface area contributed by atoms with Crippen molar-refractivity contribution in [3.8, 4) is 5.75 Å². The van der Waals surface area contributed by atoms with Crippen molar-refractivity contribution in [1.82, 2.24) is 4.90 Å². The standard InChI is InChI=1S/C7H6O3.C3H9N/c8-6-4-2-1-3-5(6)7(9)10;1-4(2)3/h1-4,8H,(H,9,10);1-3H3. The van der Waals surface area contributed by atoms with Crippen LogP contribution in [0.25, 0.3) is 0 Å². The zero-order valence-electron chi connectivity index (χ0n) is 8.56. The fourth-order valence-corrected chi connectivity index (χ4v) is 0.654. The predicted molar refractivity (Wildman–Crippen MR) is 54.7 cm³/mol. The summed E-state index contributed by atoms with van der Waals surface area (Å²) in [4.78, 5) is 12.3. The summed E-state index contributed by atoms with van der Waals surface area (Å²) in [6.07, 6.45) is 0. The summed E-state index contributed by atoms with van der Waals surface area (Å²) in [7, 11) is 6.00. The number of phenols is 1. The van der Waals surface area contributed by atoms with E-state index >= 15 is 0 Å². The van der Waals surface area contributed by atoms with Gasteiger partial charge in [0, 0.05) is 0 Å². The number of carbonyl (C=O) groups is 1. The highest BCUT2D eigenvalue weighted by Gasteiger charge is 2.05. The van der Waals surface area contributed by atoms with E-state index in [1.54, 1.807) is 12.1 Å². The van der Waals surface area contributed by atoms with E-state index in [-0.39, 0.29) is 11.3 Å². The minimum Gasteiger partial charge on any atom is -0.507 e. The van der Waals surface area contributed by atoms with Crippen LogP contribution >= 0.6 is 0 Å². The minimum absolute atomic E-state index is 0.0671. The Balaban J connectivity index is 0.000000364. The van der Waals surface area contributed by atoms with Crippen LogP contribution in [0.2, 0.25) is 0 Å². The van der Waals surface area contributed by atoms with E-state index in [0.717, 1.165) is 0 Å². The van der Waals surface area contributed by atoms with Crippen molar-refractivity contribution < 1.29 is 15.0 Å². The SMILES string of the molecule is CN(C)C.O=C(O)c1ccccc1O. The van der Waals surface area contributed by atoms with Crippen LogP contribution < -0.4 is 0 Å². The van der Waals surface area contributed by atoms with Gasteiger partial charge in [-0.2, -0.15) is 0 Å². The topological polar surface area (TPSA) is 60.8 Å². The van der Waals surface area contributed by atoms with E-state index in [9.17, 15) is 4.79 Å². The molecule has 0 spiro atoms. The maximum absolute atomic E-state index is 10.3. The van der Waals surface area contributed by atoms with E-state index in [1.807, 2.05) is 26.0 Å². The molecule has 2 N–H and O–H groups in total. The van der Waals surface area contributed by atoms with Crippen LogP contribution in [0.4, 0.5) is 0 Å². The van der Waals surface area contributed by atoms with E-state index < -0.39 is 5.97 Å². The third kappa shape index (κ3) is 5.16. The normalized spacial score (nSPS) is 9.14. The molecule has 0 amide bonds. The molecule has 0 saturated heterocycles. The summed E-state index contributed by atoms with van der Waals surface area (Å²) in [6.45, 7) is 0. The molecule has 0 radical (unpaired) electrons. The molecule has 0 saturated carbocycles. The molecule has 1 rings (SSSR count). The average molecular weight is 197 g/mol. The van der Waals surface area contributed by atoms with E-state index in [4.69, 9.17) is 10.2 Å². The lowest BCUT2D eigenvalue weighted by atomic mass is 10.2. The molecule has 0 atom stereocenters. The average Bonchev–Trinajstić information content (AvgIpc) is 2.03. The van der Waals surface area contributed by atoms with Gasteiger partial charge in [0.15, 0.2) is 0 Å². The maximum atomic E-state index is 10.3. The molecule has 0 aromatic heterocycles. The summed E-state index contributed by atoms with van der Waals surface area (Å²) >= 11 is 0. The largest absolute Gasteiger partial charge is 0.507 e. The fourth-order valence-electron chi connectivity index (χ4n) is 0.654. The molecule has 0 bridgehead atoms. The van der Waals surface area contributed by atoms with Crippen LogP contribution in [0, 0.1) is 0 Å². The molecule has 4 nitrogen and oxygen atoms in total. The summed E-state index contributed by atoms with van der Waals surface area (Å²) in [6, 6.07) is 5.81. The van der Waals surface area contributed by atoms with Gasteiger partial charge >= 0.3 is 5.97 Å². The van der Waals surface area contributed by atoms with Gasteiger partial charge in [-0.25, -0.2) is 4.79 Å². The van der Waals surface area contributed by atoms with Crippen molar-refractivity contribution in [1.29, 1.82) is 0 Å². The molecule has 14 heavy (non-hydrogen) atoms. The molecule has 78 valence electrons. The number of carboxylic acids is 1. The Kier molecular flexibility index (Phi) is 5.33. The van der Waals surface area contributed by atoms with Gasteiger partial charge in [0.05, 0.1) is 0 Å². The summed E-state index contributed by atoms with van der Waals surface area (Å²) in [5.74, 6) is -1.31. The van der Waals surface area contributed by atoms with Gasteiger partial charge in [-0.15, -0.1) is 0 Å². The maximum Gasteiger partial charge on any atom is 0.339 e. The smallest absolute Gasteiger partial charge is 0.339 e.